The molecule has 0 radical (unpaired) electrons. The van der Waals surface area contributed by atoms with Crippen molar-refractivity contribution in [3.8, 4) is 22.9 Å². The highest BCUT2D eigenvalue weighted by Gasteiger charge is 2.37. The summed E-state index contributed by atoms with van der Waals surface area (Å²) in [5.41, 5.74) is 4.29. The van der Waals surface area contributed by atoms with Crippen molar-refractivity contribution in [3.05, 3.63) is 88.7 Å². The second-order valence-corrected chi connectivity index (χ2v) is 9.45. The van der Waals surface area contributed by atoms with Crippen LogP contribution in [-0.2, 0) is 6.42 Å². The number of carbonyl (C=O) groups is 1. The molecule has 1 N–H and O–H groups in total. The van der Waals surface area contributed by atoms with Gasteiger partial charge < -0.3 is 19.5 Å². The molecule has 0 unspecified atom stereocenters. The van der Waals surface area contributed by atoms with E-state index >= 15 is 0 Å². The van der Waals surface area contributed by atoms with E-state index in [1.54, 1.807) is 23.9 Å². The van der Waals surface area contributed by atoms with Crippen LogP contribution in [0.15, 0.2) is 60.7 Å². The van der Waals surface area contributed by atoms with Gasteiger partial charge in [-0.15, -0.1) is 5.10 Å². The summed E-state index contributed by atoms with van der Waals surface area (Å²) in [6.45, 7) is 2.92. The molecule has 3 heterocycles. The van der Waals surface area contributed by atoms with Crippen molar-refractivity contribution in [2.75, 3.05) is 27.5 Å². The number of hydrogen-bond donors (Lipinski definition) is 1. The number of ether oxygens (including phenoxy) is 3. The lowest BCUT2D eigenvalue weighted by Gasteiger charge is -2.34. The van der Waals surface area contributed by atoms with E-state index in [0.717, 1.165) is 29.7 Å². The third-order valence-corrected chi connectivity index (χ3v) is 7.13. The Labute approximate surface area is 220 Å². The van der Waals surface area contributed by atoms with E-state index in [1.807, 2.05) is 62.5 Å². The molecule has 4 aromatic rings. The number of benzene rings is 3. The lowest BCUT2D eigenvalue weighted by atomic mass is 9.90. The lowest BCUT2D eigenvalue weighted by molar-refractivity contribution is 0.0940. The largest absolute Gasteiger partial charge is 0.492 e. The molecular formula is C28H28N6O4. The zero-order chi connectivity index (χ0) is 26.2. The minimum Gasteiger partial charge on any atom is -0.492 e. The van der Waals surface area contributed by atoms with E-state index in [9.17, 15) is 4.79 Å². The molecule has 38 heavy (non-hydrogen) atoms. The number of carbonyl (C=O) groups excluding carboxylic acids is 1. The number of likely N-dealkylation sites (N-methyl/N-ethyl adjacent to an activating group) is 1. The van der Waals surface area contributed by atoms with E-state index in [0.29, 0.717) is 34.3 Å². The van der Waals surface area contributed by atoms with Crippen LogP contribution in [-0.4, -0.2) is 58.5 Å². The van der Waals surface area contributed by atoms with Crippen LogP contribution < -0.4 is 19.5 Å². The fraction of sp³-hybridized carbons (Fsp3) is 0.286. The van der Waals surface area contributed by atoms with Crippen molar-refractivity contribution < 1.29 is 19.0 Å². The monoisotopic (exact) mass is 512 g/mol. The van der Waals surface area contributed by atoms with Crippen LogP contribution in [0.2, 0.25) is 0 Å². The predicted molar refractivity (Wildman–Crippen MR) is 139 cm³/mol. The summed E-state index contributed by atoms with van der Waals surface area (Å²) in [4.78, 5) is 15.3. The number of rotatable bonds is 6. The Morgan fingerprint density at radius 3 is 2.79 bits per heavy atom. The van der Waals surface area contributed by atoms with Crippen LogP contribution in [0.5, 0.6) is 17.2 Å². The van der Waals surface area contributed by atoms with E-state index in [2.05, 4.69) is 25.7 Å². The predicted octanol–water partition coefficient (Wildman–Crippen LogP) is 3.47. The third-order valence-electron chi connectivity index (χ3n) is 7.13. The summed E-state index contributed by atoms with van der Waals surface area (Å²) in [7, 11) is 3.66. The summed E-state index contributed by atoms with van der Waals surface area (Å²) >= 11 is 0. The second kappa shape index (κ2) is 9.79. The Morgan fingerprint density at radius 2 is 1.97 bits per heavy atom. The van der Waals surface area contributed by atoms with Crippen molar-refractivity contribution in [1.29, 1.82) is 0 Å². The van der Waals surface area contributed by atoms with Gasteiger partial charge in [0.15, 0.2) is 17.3 Å². The normalized spacial score (nSPS) is 17.1. The summed E-state index contributed by atoms with van der Waals surface area (Å²) < 4.78 is 18.9. The van der Waals surface area contributed by atoms with Crippen LogP contribution in [0.1, 0.15) is 51.9 Å². The summed E-state index contributed by atoms with van der Waals surface area (Å²) in [5, 5.41) is 15.8. The molecule has 194 valence electrons. The van der Waals surface area contributed by atoms with Gasteiger partial charge in [0.25, 0.3) is 5.91 Å². The first-order valence-electron chi connectivity index (χ1n) is 12.5. The maximum absolute atomic E-state index is 13.1. The average Bonchev–Trinajstić information content (AvgIpc) is 3.62. The highest BCUT2D eigenvalue weighted by Crippen LogP contribution is 2.50. The number of methoxy groups -OCH3 is 1. The molecule has 2 aliphatic heterocycles. The average molecular weight is 513 g/mol. The molecule has 2 aliphatic rings. The summed E-state index contributed by atoms with van der Waals surface area (Å²) in [6.07, 6.45) is 0.826. The SMILES string of the molecule is COc1c2c(cc3c1[C@H](c1nnnn1-c1cccc(C(=O)N[C@@H](C)c4ccccc4)c1)N(C)CC3)OCO2. The number of nitrogens with one attached hydrogen (secondary N) is 1. The lowest BCUT2D eigenvalue weighted by Crippen LogP contribution is -2.35. The highest BCUT2D eigenvalue weighted by atomic mass is 16.7. The molecule has 0 bridgehead atoms. The van der Waals surface area contributed by atoms with Gasteiger partial charge in [-0.05, 0) is 66.2 Å². The van der Waals surface area contributed by atoms with Crippen molar-refractivity contribution in [2.45, 2.75) is 25.4 Å². The van der Waals surface area contributed by atoms with E-state index < -0.39 is 0 Å². The Hall–Kier alpha value is -4.44. The van der Waals surface area contributed by atoms with Crippen molar-refractivity contribution in [1.82, 2.24) is 30.4 Å². The first-order valence-corrected chi connectivity index (χ1v) is 12.5. The fourth-order valence-corrected chi connectivity index (χ4v) is 5.19. The van der Waals surface area contributed by atoms with Crippen LogP contribution in [0.25, 0.3) is 5.69 Å². The Kier molecular flexibility index (Phi) is 6.16. The second-order valence-electron chi connectivity index (χ2n) is 9.45. The smallest absolute Gasteiger partial charge is 0.251 e. The van der Waals surface area contributed by atoms with Crippen LogP contribution in [0, 0.1) is 0 Å². The topological polar surface area (TPSA) is 104 Å². The quantitative estimate of drug-likeness (QED) is 0.419. The molecule has 6 rings (SSSR count). The van der Waals surface area contributed by atoms with Gasteiger partial charge in [0.2, 0.25) is 12.5 Å². The molecule has 0 aliphatic carbocycles. The minimum atomic E-state index is -0.297. The van der Waals surface area contributed by atoms with Crippen LogP contribution in [0.3, 0.4) is 0 Å². The van der Waals surface area contributed by atoms with Gasteiger partial charge in [-0.25, -0.2) is 0 Å². The van der Waals surface area contributed by atoms with Gasteiger partial charge >= 0.3 is 0 Å². The fourth-order valence-electron chi connectivity index (χ4n) is 5.19. The molecule has 2 atom stereocenters. The minimum absolute atomic E-state index is 0.135. The first-order chi connectivity index (χ1) is 18.5. The number of aromatic nitrogens is 4. The molecule has 0 spiro atoms. The van der Waals surface area contributed by atoms with Crippen molar-refractivity contribution in [3.63, 3.8) is 0 Å². The molecule has 1 amide bonds. The Morgan fingerprint density at radius 1 is 1.13 bits per heavy atom. The van der Waals surface area contributed by atoms with Gasteiger partial charge in [0.1, 0.15) is 6.04 Å². The molecule has 0 fully saturated rings. The highest BCUT2D eigenvalue weighted by molar-refractivity contribution is 5.95. The summed E-state index contributed by atoms with van der Waals surface area (Å²) in [6, 6.07) is 18.8. The summed E-state index contributed by atoms with van der Waals surface area (Å²) in [5.74, 6) is 2.35. The van der Waals surface area contributed by atoms with E-state index in [-0.39, 0.29) is 24.8 Å². The van der Waals surface area contributed by atoms with Gasteiger partial charge in [0, 0.05) is 17.7 Å². The van der Waals surface area contributed by atoms with E-state index in [1.165, 1.54) is 0 Å². The van der Waals surface area contributed by atoms with Crippen LogP contribution >= 0.6 is 0 Å². The van der Waals surface area contributed by atoms with E-state index in [4.69, 9.17) is 14.2 Å². The van der Waals surface area contributed by atoms with Gasteiger partial charge in [-0.1, -0.05) is 36.4 Å². The molecular weight excluding hydrogens is 484 g/mol. The van der Waals surface area contributed by atoms with Gasteiger partial charge in [-0.3, -0.25) is 9.69 Å². The molecule has 10 nitrogen and oxygen atoms in total. The number of nitrogens with zero attached hydrogens (tertiary/aromatic N) is 5. The third kappa shape index (κ3) is 4.12. The number of hydrogen-bond acceptors (Lipinski definition) is 8. The molecule has 0 saturated carbocycles. The van der Waals surface area contributed by atoms with Gasteiger partial charge in [0.05, 0.1) is 18.8 Å². The standard InChI is InChI=1S/C28H28N6O4/c1-17(18-8-5-4-6-9-18)29-28(35)20-10-7-11-21(14-20)34-27(30-31-32-34)24-23-19(12-13-33(24)2)15-22-25(26(23)36-3)38-16-37-22/h4-11,14-15,17,24H,12-13,16H2,1-3H3,(H,29,35)/t17-,24+/m0/s1. The molecule has 0 saturated heterocycles. The van der Waals surface area contributed by atoms with Crippen molar-refractivity contribution in [2.24, 2.45) is 0 Å². The molecule has 3 aromatic carbocycles. The maximum Gasteiger partial charge on any atom is 0.251 e. The number of fused-ring (bicyclic) bond motifs is 2. The zero-order valence-corrected chi connectivity index (χ0v) is 21.4. The van der Waals surface area contributed by atoms with Gasteiger partial charge in [-0.2, -0.15) is 4.68 Å². The van der Waals surface area contributed by atoms with Crippen LogP contribution in [0.4, 0.5) is 0 Å². The zero-order valence-electron chi connectivity index (χ0n) is 21.4. The number of amides is 1. The maximum atomic E-state index is 13.1. The molecule has 1 aromatic heterocycles. The Bertz CT molecular complexity index is 1490. The molecule has 10 heteroatoms. The number of tetrazole rings is 1. The Balaban J connectivity index is 1.35. The first kappa shape index (κ1) is 23.9. The van der Waals surface area contributed by atoms with Crippen molar-refractivity contribution >= 4 is 5.91 Å².